The van der Waals surface area contributed by atoms with E-state index in [2.05, 4.69) is 25.6 Å². The lowest BCUT2D eigenvalue weighted by Gasteiger charge is -2.12. The average Bonchev–Trinajstić information content (AvgIpc) is 2.25. The summed E-state index contributed by atoms with van der Waals surface area (Å²) in [6.07, 6.45) is -0.481. The summed E-state index contributed by atoms with van der Waals surface area (Å²) >= 11 is 0. The van der Waals surface area contributed by atoms with E-state index in [0.29, 0.717) is 25.0 Å². The molecule has 1 rings (SSSR count). The van der Waals surface area contributed by atoms with Gasteiger partial charge in [-0.15, -0.1) is 0 Å². The minimum atomic E-state index is -0.473. The molecule has 0 aliphatic rings. The second-order valence-electron chi connectivity index (χ2n) is 4.19. The summed E-state index contributed by atoms with van der Waals surface area (Å²) in [5.41, 5.74) is 0. The first-order valence-corrected chi connectivity index (χ1v) is 6.09. The molecule has 7 nitrogen and oxygen atoms in total. The van der Waals surface area contributed by atoms with Crippen molar-refractivity contribution in [3.8, 4) is 6.01 Å². The Balaban J connectivity index is 2.83. The Morgan fingerprint density at radius 2 is 1.72 bits per heavy atom. The van der Waals surface area contributed by atoms with Crippen molar-refractivity contribution < 1.29 is 9.84 Å². The normalized spacial score (nSPS) is 12.3. The summed E-state index contributed by atoms with van der Waals surface area (Å²) in [5, 5.41) is 15.1. The van der Waals surface area contributed by atoms with Gasteiger partial charge in [0.05, 0.1) is 12.2 Å². The first-order chi connectivity index (χ1) is 8.51. The van der Waals surface area contributed by atoms with Gasteiger partial charge in [-0.3, -0.25) is 0 Å². The van der Waals surface area contributed by atoms with Crippen LogP contribution in [0.1, 0.15) is 27.7 Å². The fourth-order valence-electron chi connectivity index (χ4n) is 1.18. The lowest BCUT2D eigenvalue weighted by atomic mass is 10.4. The number of nitrogens with zero attached hydrogens (tertiary/aromatic N) is 3. The Bertz CT molecular complexity index is 370. The van der Waals surface area contributed by atoms with E-state index in [4.69, 9.17) is 4.74 Å². The highest BCUT2D eigenvalue weighted by Gasteiger charge is 2.08. The van der Waals surface area contributed by atoms with Crippen molar-refractivity contribution in [3.63, 3.8) is 0 Å². The average molecular weight is 255 g/mol. The predicted molar refractivity (Wildman–Crippen MR) is 69.9 cm³/mol. The second kappa shape index (κ2) is 6.95. The van der Waals surface area contributed by atoms with Crippen LogP contribution in [-0.4, -0.2) is 45.4 Å². The molecule has 0 amide bonds. The van der Waals surface area contributed by atoms with Gasteiger partial charge in [0.1, 0.15) is 0 Å². The maximum atomic E-state index is 9.22. The zero-order valence-electron chi connectivity index (χ0n) is 11.3. The Morgan fingerprint density at radius 3 is 2.22 bits per heavy atom. The van der Waals surface area contributed by atoms with Gasteiger partial charge in [0.15, 0.2) is 0 Å². The van der Waals surface area contributed by atoms with E-state index in [1.54, 1.807) is 6.92 Å². The van der Waals surface area contributed by atoms with Crippen molar-refractivity contribution in [2.24, 2.45) is 0 Å². The molecule has 0 bridgehead atoms. The van der Waals surface area contributed by atoms with Gasteiger partial charge < -0.3 is 20.5 Å². The molecule has 102 valence electrons. The van der Waals surface area contributed by atoms with Crippen molar-refractivity contribution in [2.75, 3.05) is 23.7 Å². The predicted octanol–water partition coefficient (Wildman–Crippen LogP) is 0.883. The first-order valence-electron chi connectivity index (χ1n) is 6.09. The molecule has 1 aromatic rings. The molecule has 18 heavy (non-hydrogen) atoms. The molecule has 0 aliphatic carbocycles. The molecule has 1 atom stereocenters. The highest BCUT2D eigenvalue weighted by atomic mass is 16.5. The van der Waals surface area contributed by atoms with Crippen molar-refractivity contribution in [1.29, 1.82) is 0 Å². The van der Waals surface area contributed by atoms with Crippen LogP contribution in [-0.2, 0) is 0 Å². The standard InChI is InChI=1S/C11H21N5O2/c1-5-12-9-14-10(13-6-8(4)17)16-11(15-9)18-7(2)3/h7-8,17H,5-6H2,1-4H3,(H2,12,13,14,15,16). The number of hydrogen-bond donors (Lipinski definition) is 3. The van der Waals surface area contributed by atoms with E-state index >= 15 is 0 Å². The quantitative estimate of drug-likeness (QED) is 0.666. The van der Waals surface area contributed by atoms with Gasteiger partial charge in [-0.05, 0) is 27.7 Å². The minimum Gasteiger partial charge on any atom is -0.461 e. The molecule has 1 aromatic heterocycles. The smallest absolute Gasteiger partial charge is 0.323 e. The highest BCUT2D eigenvalue weighted by Crippen LogP contribution is 2.12. The van der Waals surface area contributed by atoms with Crippen LogP contribution in [0.15, 0.2) is 0 Å². The van der Waals surface area contributed by atoms with Gasteiger partial charge in [0, 0.05) is 13.1 Å². The van der Waals surface area contributed by atoms with E-state index in [-0.39, 0.29) is 12.1 Å². The van der Waals surface area contributed by atoms with Crippen LogP contribution in [0.5, 0.6) is 6.01 Å². The van der Waals surface area contributed by atoms with Crippen molar-refractivity contribution >= 4 is 11.9 Å². The second-order valence-corrected chi connectivity index (χ2v) is 4.19. The molecule has 0 aliphatic heterocycles. The number of aliphatic hydroxyl groups excluding tert-OH is 1. The molecule has 0 radical (unpaired) electrons. The Labute approximate surface area is 107 Å². The molecule has 1 heterocycles. The molecule has 1 unspecified atom stereocenters. The van der Waals surface area contributed by atoms with Crippen LogP contribution in [0, 0.1) is 0 Å². The largest absolute Gasteiger partial charge is 0.461 e. The lowest BCUT2D eigenvalue weighted by Crippen LogP contribution is -2.19. The van der Waals surface area contributed by atoms with Crippen LogP contribution < -0.4 is 15.4 Å². The molecule has 7 heteroatoms. The monoisotopic (exact) mass is 255 g/mol. The fourth-order valence-corrected chi connectivity index (χ4v) is 1.18. The molecule has 0 fully saturated rings. The van der Waals surface area contributed by atoms with Crippen LogP contribution in [0.2, 0.25) is 0 Å². The number of nitrogens with one attached hydrogen (secondary N) is 2. The lowest BCUT2D eigenvalue weighted by molar-refractivity contribution is 0.207. The zero-order chi connectivity index (χ0) is 13.5. The van der Waals surface area contributed by atoms with Gasteiger partial charge in [-0.1, -0.05) is 0 Å². The summed E-state index contributed by atoms with van der Waals surface area (Å²) in [7, 11) is 0. The summed E-state index contributed by atoms with van der Waals surface area (Å²) in [5.74, 6) is 0.841. The highest BCUT2D eigenvalue weighted by molar-refractivity contribution is 5.35. The number of aromatic nitrogens is 3. The topological polar surface area (TPSA) is 92.2 Å². The van der Waals surface area contributed by atoms with Gasteiger partial charge in [-0.25, -0.2) is 0 Å². The molecule has 3 N–H and O–H groups in total. The van der Waals surface area contributed by atoms with Crippen molar-refractivity contribution in [1.82, 2.24) is 15.0 Å². The third-order valence-electron chi connectivity index (χ3n) is 1.85. The molecule has 0 aromatic carbocycles. The van der Waals surface area contributed by atoms with Crippen LogP contribution in [0.3, 0.4) is 0 Å². The molecule has 0 saturated heterocycles. The molecular weight excluding hydrogens is 234 g/mol. The number of rotatable bonds is 7. The van der Waals surface area contributed by atoms with Crippen molar-refractivity contribution in [2.45, 2.75) is 39.9 Å². The van der Waals surface area contributed by atoms with Gasteiger partial charge in [-0.2, -0.15) is 15.0 Å². The van der Waals surface area contributed by atoms with E-state index < -0.39 is 6.10 Å². The number of hydrogen-bond acceptors (Lipinski definition) is 7. The number of aliphatic hydroxyl groups is 1. The molecular formula is C11H21N5O2. The van der Waals surface area contributed by atoms with E-state index in [0.717, 1.165) is 0 Å². The summed E-state index contributed by atoms with van der Waals surface area (Å²) in [4.78, 5) is 12.4. The SMILES string of the molecule is CCNc1nc(NCC(C)O)nc(OC(C)C)n1. The first kappa shape index (κ1) is 14.4. The fraction of sp³-hybridized carbons (Fsp3) is 0.727. The summed E-state index contributed by atoms with van der Waals surface area (Å²) in [6, 6.07) is 0.268. The Morgan fingerprint density at radius 1 is 1.11 bits per heavy atom. The number of anilines is 2. The third-order valence-corrected chi connectivity index (χ3v) is 1.85. The maximum absolute atomic E-state index is 9.22. The van der Waals surface area contributed by atoms with Crippen LogP contribution >= 0.6 is 0 Å². The Hall–Kier alpha value is -1.63. The molecule has 0 saturated carbocycles. The minimum absolute atomic E-state index is 0.00788. The van der Waals surface area contributed by atoms with Gasteiger partial charge in [0.2, 0.25) is 11.9 Å². The van der Waals surface area contributed by atoms with Crippen molar-refractivity contribution in [3.05, 3.63) is 0 Å². The van der Waals surface area contributed by atoms with E-state index in [1.165, 1.54) is 0 Å². The summed E-state index contributed by atoms with van der Waals surface area (Å²) < 4.78 is 5.44. The summed E-state index contributed by atoms with van der Waals surface area (Å²) in [6.45, 7) is 8.53. The van der Waals surface area contributed by atoms with Crippen LogP contribution in [0.25, 0.3) is 0 Å². The Kier molecular flexibility index (Phi) is 5.57. The number of ether oxygens (including phenoxy) is 1. The molecule has 0 spiro atoms. The zero-order valence-corrected chi connectivity index (χ0v) is 11.3. The van der Waals surface area contributed by atoms with Gasteiger partial charge >= 0.3 is 6.01 Å². The van der Waals surface area contributed by atoms with E-state index in [9.17, 15) is 5.11 Å². The van der Waals surface area contributed by atoms with E-state index in [1.807, 2.05) is 20.8 Å². The van der Waals surface area contributed by atoms with Crippen LogP contribution in [0.4, 0.5) is 11.9 Å². The third kappa shape index (κ3) is 5.13. The van der Waals surface area contributed by atoms with Gasteiger partial charge in [0.25, 0.3) is 0 Å². The maximum Gasteiger partial charge on any atom is 0.323 e.